The van der Waals surface area contributed by atoms with Crippen molar-refractivity contribution < 1.29 is 0 Å². The fourth-order valence-electron chi connectivity index (χ4n) is 2.00. The van der Waals surface area contributed by atoms with Gasteiger partial charge >= 0.3 is 0 Å². The van der Waals surface area contributed by atoms with Gasteiger partial charge < -0.3 is 10.6 Å². The molecule has 2 aromatic rings. The smallest absolute Gasteiger partial charge is 0.0744 e. The second-order valence-corrected chi connectivity index (χ2v) is 5.30. The van der Waals surface area contributed by atoms with Crippen LogP contribution < -0.4 is 10.6 Å². The van der Waals surface area contributed by atoms with E-state index in [4.69, 9.17) is 28.9 Å². The zero-order chi connectivity index (χ0) is 13.8. The summed E-state index contributed by atoms with van der Waals surface area (Å²) in [5.41, 5.74) is 8.40. The van der Waals surface area contributed by atoms with E-state index < -0.39 is 0 Å². The molecule has 2 nitrogen and oxygen atoms in total. The van der Waals surface area contributed by atoms with Crippen LogP contribution in [0.4, 0.5) is 11.4 Å². The molecule has 0 spiro atoms. The van der Waals surface area contributed by atoms with Gasteiger partial charge in [-0.1, -0.05) is 53.5 Å². The monoisotopic (exact) mass is 294 g/mol. The van der Waals surface area contributed by atoms with Gasteiger partial charge in [-0.3, -0.25) is 0 Å². The molecule has 4 heteroatoms. The van der Waals surface area contributed by atoms with Crippen LogP contribution in [0.2, 0.25) is 10.0 Å². The van der Waals surface area contributed by atoms with Gasteiger partial charge in [-0.25, -0.2) is 0 Å². The number of hydrogen-bond donors (Lipinski definition) is 1. The third-order valence-corrected chi connectivity index (χ3v) is 3.58. The topological polar surface area (TPSA) is 29.3 Å². The molecule has 0 atom stereocenters. The van der Waals surface area contributed by atoms with E-state index >= 15 is 0 Å². The van der Waals surface area contributed by atoms with E-state index in [1.165, 1.54) is 5.56 Å². The summed E-state index contributed by atoms with van der Waals surface area (Å²) in [6.45, 7) is 0.841. The van der Waals surface area contributed by atoms with Crippen molar-refractivity contribution in [2.24, 2.45) is 0 Å². The van der Waals surface area contributed by atoms with Crippen molar-refractivity contribution >= 4 is 34.6 Å². The Kier molecular flexibility index (Phi) is 4.56. The zero-order valence-corrected chi connectivity index (χ0v) is 12.2. The molecule has 0 unspecified atom stereocenters. The summed E-state index contributed by atoms with van der Waals surface area (Å²) in [6, 6.07) is 13.8. The molecule has 0 aliphatic carbocycles. The Morgan fingerprint density at radius 1 is 1.05 bits per heavy atom. The highest BCUT2D eigenvalue weighted by molar-refractivity contribution is 6.39. The van der Waals surface area contributed by atoms with E-state index in [0.717, 1.165) is 18.7 Å². The number of nitrogens with two attached hydrogens (primary N) is 1. The predicted molar refractivity (Wildman–Crippen MR) is 84.3 cm³/mol. The lowest BCUT2D eigenvalue weighted by atomic mass is 10.1. The summed E-state index contributed by atoms with van der Waals surface area (Å²) in [5.74, 6) is 0. The highest BCUT2D eigenvalue weighted by Crippen LogP contribution is 2.35. The van der Waals surface area contributed by atoms with Gasteiger partial charge in [0.25, 0.3) is 0 Å². The summed E-state index contributed by atoms with van der Waals surface area (Å²) in [5, 5.41) is 1.17. The molecule has 0 amide bonds. The first-order valence-corrected chi connectivity index (χ1v) is 6.83. The summed E-state index contributed by atoms with van der Waals surface area (Å²) < 4.78 is 0. The van der Waals surface area contributed by atoms with Crippen LogP contribution in [0.15, 0.2) is 42.5 Å². The van der Waals surface area contributed by atoms with Gasteiger partial charge in [0.15, 0.2) is 0 Å². The number of benzene rings is 2. The van der Waals surface area contributed by atoms with Gasteiger partial charge in [-0.05, 0) is 24.1 Å². The second kappa shape index (κ2) is 6.18. The highest BCUT2D eigenvalue weighted by Gasteiger charge is 2.11. The first kappa shape index (κ1) is 14.0. The molecule has 19 heavy (non-hydrogen) atoms. The summed E-state index contributed by atoms with van der Waals surface area (Å²) in [7, 11) is 1.98. The molecule has 2 rings (SSSR count). The van der Waals surface area contributed by atoms with Crippen molar-refractivity contribution in [3.05, 3.63) is 58.1 Å². The van der Waals surface area contributed by atoms with Crippen molar-refractivity contribution in [1.29, 1.82) is 0 Å². The minimum Gasteiger partial charge on any atom is -0.399 e. The Morgan fingerprint density at radius 2 is 1.63 bits per heavy atom. The Labute approximate surface area is 123 Å². The summed E-state index contributed by atoms with van der Waals surface area (Å²) in [6.07, 6.45) is 0.939. The van der Waals surface area contributed by atoms with Crippen LogP contribution in [-0.2, 0) is 6.42 Å². The Balaban J connectivity index is 2.10. The average Bonchev–Trinajstić information content (AvgIpc) is 2.36. The lowest BCUT2D eigenvalue weighted by Crippen LogP contribution is -2.21. The average molecular weight is 295 g/mol. The maximum absolute atomic E-state index is 6.21. The van der Waals surface area contributed by atoms with Crippen molar-refractivity contribution in [2.45, 2.75) is 6.42 Å². The molecule has 0 aliphatic rings. The second-order valence-electron chi connectivity index (χ2n) is 4.49. The van der Waals surface area contributed by atoms with Gasteiger partial charge in [0.1, 0.15) is 0 Å². The van der Waals surface area contributed by atoms with Crippen LogP contribution in [0.1, 0.15) is 5.56 Å². The maximum atomic E-state index is 6.21. The number of hydrogen-bond acceptors (Lipinski definition) is 2. The quantitative estimate of drug-likeness (QED) is 0.854. The molecule has 0 bridgehead atoms. The number of halogens is 2. The molecule has 0 fully saturated rings. The first-order chi connectivity index (χ1) is 9.08. The lowest BCUT2D eigenvalue weighted by molar-refractivity contribution is 0.877. The molecule has 0 saturated carbocycles. The van der Waals surface area contributed by atoms with E-state index in [2.05, 4.69) is 17.0 Å². The Hall–Kier alpha value is -1.38. The molecular weight excluding hydrogens is 279 g/mol. The molecule has 0 aromatic heterocycles. The fourth-order valence-corrected chi connectivity index (χ4v) is 2.80. The van der Waals surface area contributed by atoms with Gasteiger partial charge in [-0.15, -0.1) is 0 Å². The van der Waals surface area contributed by atoms with Gasteiger partial charge in [0, 0.05) is 19.3 Å². The maximum Gasteiger partial charge on any atom is 0.0744 e. The molecule has 2 aromatic carbocycles. The number of anilines is 2. The molecular formula is C15H16Cl2N2. The van der Waals surface area contributed by atoms with Crippen LogP contribution in [0.3, 0.4) is 0 Å². The minimum atomic E-state index is 0.579. The van der Waals surface area contributed by atoms with Crippen LogP contribution >= 0.6 is 23.2 Å². The van der Waals surface area contributed by atoms with Crippen LogP contribution in [0.25, 0.3) is 0 Å². The normalized spacial score (nSPS) is 10.5. The Morgan fingerprint density at radius 3 is 2.21 bits per heavy atom. The fraction of sp³-hybridized carbons (Fsp3) is 0.200. The van der Waals surface area contributed by atoms with Gasteiger partial charge in [0.2, 0.25) is 0 Å². The van der Waals surface area contributed by atoms with Crippen LogP contribution in [0.5, 0.6) is 0 Å². The predicted octanol–water partition coefficient (Wildman–Crippen LogP) is 4.25. The van der Waals surface area contributed by atoms with Crippen molar-refractivity contribution in [3.8, 4) is 0 Å². The number of rotatable bonds is 4. The van der Waals surface area contributed by atoms with E-state index in [1.807, 2.05) is 25.2 Å². The van der Waals surface area contributed by atoms with Crippen molar-refractivity contribution in [3.63, 3.8) is 0 Å². The molecule has 100 valence electrons. The molecule has 0 aliphatic heterocycles. The molecule has 0 heterocycles. The number of nitrogen functional groups attached to an aromatic ring is 1. The standard InChI is InChI=1S/C15H16Cl2N2/c1-19(8-7-11-5-3-2-4-6-11)15-13(16)9-12(18)10-14(15)17/h2-6,9-10H,7-8,18H2,1H3. The van der Waals surface area contributed by atoms with Gasteiger partial charge in [-0.2, -0.15) is 0 Å². The molecule has 0 saturated heterocycles. The summed E-state index contributed by atoms with van der Waals surface area (Å²) >= 11 is 12.4. The van der Waals surface area contributed by atoms with E-state index in [0.29, 0.717) is 15.7 Å². The molecule has 0 radical (unpaired) electrons. The largest absolute Gasteiger partial charge is 0.399 e. The minimum absolute atomic E-state index is 0.579. The lowest BCUT2D eigenvalue weighted by Gasteiger charge is -2.22. The summed E-state index contributed by atoms with van der Waals surface area (Å²) in [4.78, 5) is 2.05. The van der Waals surface area contributed by atoms with E-state index in [9.17, 15) is 0 Å². The zero-order valence-electron chi connectivity index (χ0n) is 10.7. The molecule has 2 N–H and O–H groups in total. The SMILES string of the molecule is CN(CCc1ccccc1)c1c(Cl)cc(N)cc1Cl. The van der Waals surface area contributed by atoms with E-state index in [-0.39, 0.29) is 0 Å². The van der Waals surface area contributed by atoms with Crippen molar-refractivity contribution in [2.75, 3.05) is 24.2 Å². The van der Waals surface area contributed by atoms with Crippen molar-refractivity contribution in [1.82, 2.24) is 0 Å². The number of nitrogens with zero attached hydrogens (tertiary/aromatic N) is 1. The van der Waals surface area contributed by atoms with E-state index in [1.54, 1.807) is 12.1 Å². The van der Waals surface area contributed by atoms with Gasteiger partial charge in [0.05, 0.1) is 15.7 Å². The van der Waals surface area contributed by atoms with Crippen LogP contribution in [-0.4, -0.2) is 13.6 Å². The number of likely N-dealkylation sites (N-methyl/N-ethyl adjacent to an activating group) is 1. The third-order valence-electron chi connectivity index (χ3n) is 3.00. The third kappa shape index (κ3) is 3.55. The first-order valence-electron chi connectivity index (χ1n) is 6.07. The Bertz CT molecular complexity index is 532. The van der Waals surface area contributed by atoms with Crippen LogP contribution in [0, 0.1) is 0 Å². The highest BCUT2D eigenvalue weighted by atomic mass is 35.5.